The molecule has 0 radical (unpaired) electrons. The van der Waals surface area contributed by atoms with Crippen LogP contribution < -0.4 is 15.4 Å². The van der Waals surface area contributed by atoms with Crippen molar-refractivity contribution in [1.82, 2.24) is 20.3 Å². The van der Waals surface area contributed by atoms with Crippen molar-refractivity contribution in [3.8, 4) is 0 Å². The Bertz CT molecular complexity index is 953. The van der Waals surface area contributed by atoms with E-state index in [4.69, 9.17) is 4.74 Å². The topological polar surface area (TPSA) is 171 Å². The largest absolute Gasteiger partial charge is 0.444 e. The van der Waals surface area contributed by atoms with Crippen molar-refractivity contribution in [2.75, 3.05) is 13.1 Å². The van der Waals surface area contributed by atoms with Crippen LogP contribution in [0.4, 0.5) is 4.79 Å². The number of rotatable bonds is 7. The van der Waals surface area contributed by atoms with Crippen LogP contribution in [0, 0.1) is 0 Å². The van der Waals surface area contributed by atoms with E-state index in [1.165, 1.54) is 0 Å². The van der Waals surface area contributed by atoms with Gasteiger partial charge in [-0.05, 0) is 69.0 Å². The quantitative estimate of drug-likeness (QED) is 0.224. The standard InChI is InChI=1S/C19H29IN4O8S/c1-17(2,3)32-16(28)21-9-13(25)24-10-19(20,29)8-12(24)14(26)22-18(6-7-18)15(27)23-33(30,31)11-4-5-11/h11-12,29H,4-10H2,1-3H3,(H,21,28)(H,22,26)(H,23,27)/t12-,19-/m0/s1. The summed E-state index contributed by atoms with van der Waals surface area (Å²) in [5.74, 6) is -2.08. The summed E-state index contributed by atoms with van der Waals surface area (Å²) in [5.41, 5.74) is -2.10. The Balaban J connectivity index is 1.62. The van der Waals surface area contributed by atoms with Crippen LogP contribution in [0.25, 0.3) is 0 Å². The fourth-order valence-corrected chi connectivity index (χ4v) is 5.61. The average molecular weight is 600 g/mol. The third-order valence-electron chi connectivity index (χ3n) is 5.45. The molecule has 1 aliphatic heterocycles. The highest BCUT2D eigenvalue weighted by molar-refractivity contribution is 14.1. The third-order valence-corrected chi connectivity index (χ3v) is 8.05. The SMILES string of the molecule is CC(C)(C)OC(=O)NCC(=O)N1C[C@](O)(I)C[C@H]1C(=O)NC1(C(=O)NS(=O)(=O)C2CC2)CC1. The first kappa shape index (κ1) is 25.9. The number of amides is 4. The summed E-state index contributed by atoms with van der Waals surface area (Å²) in [4.78, 5) is 51.2. The van der Waals surface area contributed by atoms with E-state index in [0.29, 0.717) is 12.8 Å². The normalized spacial score (nSPS) is 26.3. The second-order valence-electron chi connectivity index (χ2n) is 9.76. The molecule has 0 aromatic rings. The van der Waals surface area contributed by atoms with E-state index in [9.17, 15) is 32.7 Å². The first-order valence-electron chi connectivity index (χ1n) is 10.6. The summed E-state index contributed by atoms with van der Waals surface area (Å²) in [6.45, 7) is 4.41. The van der Waals surface area contributed by atoms with E-state index < -0.39 is 66.4 Å². The number of halogens is 1. The number of hydrogen-bond donors (Lipinski definition) is 4. The molecule has 33 heavy (non-hydrogen) atoms. The Morgan fingerprint density at radius 3 is 2.30 bits per heavy atom. The molecule has 3 rings (SSSR count). The second-order valence-corrected chi connectivity index (χ2v) is 13.7. The molecule has 0 aromatic carbocycles. The molecule has 4 N–H and O–H groups in total. The van der Waals surface area contributed by atoms with E-state index in [1.54, 1.807) is 43.4 Å². The molecule has 1 heterocycles. The Hall–Kier alpha value is -1.68. The van der Waals surface area contributed by atoms with Gasteiger partial charge in [-0.1, -0.05) is 0 Å². The molecule has 3 fully saturated rings. The number of alkyl carbamates (subject to hydrolysis) is 1. The zero-order valence-corrected chi connectivity index (χ0v) is 21.6. The zero-order valence-electron chi connectivity index (χ0n) is 18.6. The number of carbonyl (C=O) groups excluding carboxylic acids is 4. The van der Waals surface area contributed by atoms with Crippen LogP contribution in [0.15, 0.2) is 0 Å². The van der Waals surface area contributed by atoms with Gasteiger partial charge in [-0.25, -0.2) is 13.2 Å². The maximum absolute atomic E-state index is 13.0. The van der Waals surface area contributed by atoms with Crippen LogP contribution in [-0.4, -0.2) is 81.4 Å². The van der Waals surface area contributed by atoms with Gasteiger partial charge in [0.25, 0.3) is 5.91 Å². The molecule has 186 valence electrons. The molecule has 2 aliphatic carbocycles. The lowest BCUT2D eigenvalue weighted by Crippen LogP contribution is -2.56. The number of nitrogens with zero attached hydrogens (tertiary/aromatic N) is 1. The molecule has 0 aromatic heterocycles. The van der Waals surface area contributed by atoms with Crippen LogP contribution in [-0.2, 0) is 29.1 Å². The monoisotopic (exact) mass is 600 g/mol. The minimum atomic E-state index is -3.76. The highest BCUT2D eigenvalue weighted by Crippen LogP contribution is 2.39. The predicted molar refractivity (Wildman–Crippen MR) is 124 cm³/mol. The van der Waals surface area contributed by atoms with Gasteiger partial charge in [0.15, 0.2) is 0 Å². The van der Waals surface area contributed by atoms with Gasteiger partial charge < -0.3 is 25.4 Å². The molecule has 0 bridgehead atoms. The van der Waals surface area contributed by atoms with Gasteiger partial charge in [0.1, 0.15) is 27.3 Å². The minimum absolute atomic E-state index is 0.0877. The van der Waals surface area contributed by atoms with Crippen LogP contribution >= 0.6 is 22.6 Å². The fourth-order valence-electron chi connectivity index (χ4n) is 3.44. The molecular weight excluding hydrogens is 571 g/mol. The number of alkyl halides is 1. The molecule has 12 nitrogen and oxygen atoms in total. The van der Waals surface area contributed by atoms with Gasteiger partial charge in [-0.2, -0.15) is 0 Å². The van der Waals surface area contributed by atoms with E-state index in [-0.39, 0.29) is 25.8 Å². The van der Waals surface area contributed by atoms with Crippen molar-refractivity contribution < 1.29 is 37.4 Å². The van der Waals surface area contributed by atoms with Gasteiger partial charge in [-0.3, -0.25) is 19.1 Å². The molecule has 1 saturated heterocycles. The predicted octanol–water partition coefficient (Wildman–Crippen LogP) is -0.507. The van der Waals surface area contributed by atoms with Crippen molar-refractivity contribution in [3.63, 3.8) is 0 Å². The van der Waals surface area contributed by atoms with E-state index in [0.717, 1.165) is 4.90 Å². The van der Waals surface area contributed by atoms with Crippen molar-refractivity contribution in [2.45, 2.75) is 78.9 Å². The smallest absolute Gasteiger partial charge is 0.408 e. The summed E-state index contributed by atoms with van der Waals surface area (Å²) >= 11 is 1.73. The lowest BCUT2D eigenvalue weighted by molar-refractivity contribution is -0.139. The van der Waals surface area contributed by atoms with Crippen molar-refractivity contribution >= 4 is 56.4 Å². The first-order valence-corrected chi connectivity index (χ1v) is 13.2. The number of nitrogens with one attached hydrogen (secondary N) is 3. The Kier molecular flexibility index (Phi) is 6.94. The molecule has 3 aliphatic rings. The maximum Gasteiger partial charge on any atom is 0.408 e. The number of hydrogen-bond acceptors (Lipinski definition) is 8. The average Bonchev–Trinajstić information content (AvgIpc) is 3.55. The number of β-amino-alcohol motifs (C(OH)–C–C–N with tert-alkyl or cyclic N) is 1. The van der Waals surface area contributed by atoms with Gasteiger partial charge >= 0.3 is 6.09 Å². The van der Waals surface area contributed by atoms with E-state index in [2.05, 4.69) is 10.6 Å². The van der Waals surface area contributed by atoms with Crippen molar-refractivity contribution in [2.24, 2.45) is 0 Å². The molecule has 0 unspecified atom stereocenters. The third kappa shape index (κ3) is 6.68. The number of sulfonamides is 1. The van der Waals surface area contributed by atoms with E-state index in [1.807, 2.05) is 4.72 Å². The highest BCUT2D eigenvalue weighted by Gasteiger charge is 2.55. The molecule has 2 atom stereocenters. The lowest BCUT2D eigenvalue weighted by Gasteiger charge is -2.26. The molecule has 0 spiro atoms. The van der Waals surface area contributed by atoms with Gasteiger partial charge in [0.2, 0.25) is 21.8 Å². The Morgan fingerprint density at radius 2 is 1.79 bits per heavy atom. The van der Waals surface area contributed by atoms with Crippen molar-refractivity contribution in [1.29, 1.82) is 0 Å². The number of aliphatic hydroxyl groups is 1. The van der Waals surface area contributed by atoms with Crippen LogP contribution in [0.3, 0.4) is 0 Å². The van der Waals surface area contributed by atoms with Gasteiger partial charge in [-0.15, -0.1) is 0 Å². The van der Waals surface area contributed by atoms with Crippen LogP contribution in [0.1, 0.15) is 52.9 Å². The molecule has 4 amide bonds. The summed E-state index contributed by atoms with van der Waals surface area (Å²) < 4.78 is 29.9. The summed E-state index contributed by atoms with van der Waals surface area (Å²) in [6, 6.07) is -1.09. The Labute approximate surface area is 205 Å². The molecular formula is C19H29IN4O8S. The zero-order chi connectivity index (χ0) is 24.8. The second kappa shape index (κ2) is 8.83. The minimum Gasteiger partial charge on any atom is -0.444 e. The summed E-state index contributed by atoms with van der Waals surface area (Å²) in [5, 5.41) is 14.8. The highest BCUT2D eigenvalue weighted by atomic mass is 127. The fraction of sp³-hybridized carbons (Fsp3) is 0.789. The number of likely N-dealkylation sites (tertiary alicyclic amines) is 1. The van der Waals surface area contributed by atoms with Gasteiger partial charge in [0.05, 0.1) is 11.8 Å². The van der Waals surface area contributed by atoms with Gasteiger partial charge in [0, 0.05) is 6.42 Å². The number of carbonyl (C=O) groups is 4. The first-order chi connectivity index (χ1) is 15.0. The number of ether oxygens (including phenoxy) is 1. The molecule has 2 saturated carbocycles. The Morgan fingerprint density at radius 1 is 1.18 bits per heavy atom. The molecule has 14 heteroatoms. The van der Waals surface area contributed by atoms with E-state index >= 15 is 0 Å². The van der Waals surface area contributed by atoms with Crippen LogP contribution in [0.5, 0.6) is 0 Å². The van der Waals surface area contributed by atoms with Crippen molar-refractivity contribution in [3.05, 3.63) is 0 Å². The maximum atomic E-state index is 13.0. The lowest BCUT2D eigenvalue weighted by atomic mass is 10.1. The summed E-state index contributed by atoms with van der Waals surface area (Å²) in [6.07, 6.45) is 0.626. The van der Waals surface area contributed by atoms with Crippen LogP contribution in [0.2, 0.25) is 0 Å². The summed E-state index contributed by atoms with van der Waals surface area (Å²) in [7, 11) is -3.76.